The van der Waals surface area contributed by atoms with Gasteiger partial charge in [-0.1, -0.05) is 18.2 Å². The maximum absolute atomic E-state index is 12.5. The van der Waals surface area contributed by atoms with Gasteiger partial charge in [0, 0.05) is 55.6 Å². The molecule has 0 saturated carbocycles. The van der Waals surface area contributed by atoms with Gasteiger partial charge in [-0.25, -0.2) is 4.98 Å². The molecule has 1 spiro atoms. The molecular weight excluding hydrogens is 408 g/mol. The lowest BCUT2D eigenvalue weighted by Gasteiger charge is -2.26. The summed E-state index contributed by atoms with van der Waals surface area (Å²) in [5.74, 6) is -0.238. The molecule has 8 heteroatoms. The number of aromatic nitrogens is 1. The fourth-order valence-corrected chi connectivity index (χ4v) is 4.59. The van der Waals surface area contributed by atoms with Crippen LogP contribution in [-0.4, -0.2) is 67.9 Å². The van der Waals surface area contributed by atoms with Crippen molar-refractivity contribution >= 4 is 23.4 Å². The Hall–Kier alpha value is -3.13. The summed E-state index contributed by atoms with van der Waals surface area (Å²) in [7, 11) is 0. The SMILES string of the molecule is O=C(O)CCOCCNC(=O)c1ccnc(N2CCC3(CCN(c4ccccc4)C3)C2)c1. The van der Waals surface area contributed by atoms with Crippen LogP contribution in [-0.2, 0) is 9.53 Å². The van der Waals surface area contributed by atoms with E-state index in [1.54, 1.807) is 12.3 Å². The number of hydrogen-bond donors (Lipinski definition) is 2. The van der Waals surface area contributed by atoms with Gasteiger partial charge < -0.3 is 25.0 Å². The van der Waals surface area contributed by atoms with Crippen LogP contribution >= 0.6 is 0 Å². The largest absolute Gasteiger partial charge is 0.481 e. The smallest absolute Gasteiger partial charge is 0.305 e. The molecule has 1 atom stereocenters. The number of benzene rings is 1. The van der Waals surface area contributed by atoms with Crippen molar-refractivity contribution in [2.75, 3.05) is 55.7 Å². The monoisotopic (exact) mass is 438 g/mol. The van der Waals surface area contributed by atoms with Gasteiger partial charge in [0.15, 0.2) is 0 Å². The zero-order valence-electron chi connectivity index (χ0n) is 18.2. The minimum absolute atomic E-state index is 0.0396. The normalized spacial score (nSPS) is 20.1. The van der Waals surface area contributed by atoms with E-state index in [-0.39, 0.29) is 31.0 Å². The first kappa shape index (κ1) is 22.1. The maximum atomic E-state index is 12.5. The summed E-state index contributed by atoms with van der Waals surface area (Å²) in [6.07, 6.45) is 3.94. The second kappa shape index (κ2) is 9.99. The van der Waals surface area contributed by atoms with Crippen molar-refractivity contribution < 1.29 is 19.4 Å². The number of rotatable bonds is 9. The number of carbonyl (C=O) groups is 2. The molecule has 1 amide bonds. The molecule has 8 nitrogen and oxygen atoms in total. The van der Waals surface area contributed by atoms with E-state index in [0.717, 1.165) is 38.4 Å². The lowest BCUT2D eigenvalue weighted by molar-refractivity contribution is -0.138. The lowest BCUT2D eigenvalue weighted by Crippen LogP contribution is -2.31. The molecule has 2 saturated heterocycles. The van der Waals surface area contributed by atoms with Crippen molar-refractivity contribution in [3.05, 3.63) is 54.2 Å². The van der Waals surface area contributed by atoms with E-state index >= 15 is 0 Å². The molecule has 2 aliphatic rings. The fraction of sp³-hybridized carbons (Fsp3) is 0.458. The minimum atomic E-state index is -0.896. The second-order valence-electron chi connectivity index (χ2n) is 8.59. The number of hydrogen-bond acceptors (Lipinski definition) is 6. The Bertz CT molecular complexity index is 939. The molecule has 2 fully saturated rings. The zero-order chi connectivity index (χ0) is 22.4. The van der Waals surface area contributed by atoms with Gasteiger partial charge in [-0.05, 0) is 37.1 Å². The highest BCUT2D eigenvalue weighted by atomic mass is 16.5. The van der Waals surface area contributed by atoms with Crippen molar-refractivity contribution in [2.24, 2.45) is 5.41 Å². The van der Waals surface area contributed by atoms with Gasteiger partial charge in [0.1, 0.15) is 5.82 Å². The number of carboxylic acids is 1. The average Bonchev–Trinajstić information content (AvgIpc) is 3.43. The number of nitrogens with one attached hydrogen (secondary N) is 1. The van der Waals surface area contributed by atoms with Crippen LogP contribution in [0.3, 0.4) is 0 Å². The third kappa shape index (κ3) is 5.37. The number of nitrogens with zero attached hydrogens (tertiary/aromatic N) is 3. The highest BCUT2D eigenvalue weighted by Crippen LogP contribution is 2.42. The van der Waals surface area contributed by atoms with E-state index in [1.807, 2.05) is 12.1 Å². The average molecular weight is 439 g/mol. The lowest BCUT2D eigenvalue weighted by atomic mass is 9.86. The van der Waals surface area contributed by atoms with Gasteiger partial charge in [-0.2, -0.15) is 0 Å². The predicted octanol–water partition coefficient (Wildman–Crippen LogP) is 2.41. The number of pyridine rings is 1. The topological polar surface area (TPSA) is 95.0 Å². The number of carboxylic acid groups (broad SMARTS) is 1. The van der Waals surface area contributed by atoms with Crippen molar-refractivity contribution in [1.29, 1.82) is 0 Å². The molecule has 0 aliphatic carbocycles. The van der Waals surface area contributed by atoms with Crippen molar-refractivity contribution in [3.63, 3.8) is 0 Å². The molecular formula is C24H30N4O4. The van der Waals surface area contributed by atoms with Crippen LogP contribution < -0.4 is 15.1 Å². The van der Waals surface area contributed by atoms with Gasteiger partial charge in [0.2, 0.25) is 0 Å². The maximum Gasteiger partial charge on any atom is 0.305 e. The summed E-state index contributed by atoms with van der Waals surface area (Å²) in [4.78, 5) is 32.2. The van der Waals surface area contributed by atoms with Crippen LogP contribution in [0.25, 0.3) is 0 Å². The minimum Gasteiger partial charge on any atom is -0.481 e. The molecule has 1 aromatic carbocycles. The number of anilines is 2. The highest BCUT2D eigenvalue weighted by Gasteiger charge is 2.43. The number of carbonyl (C=O) groups excluding carboxylic acids is 1. The Morgan fingerprint density at radius 1 is 1.06 bits per heavy atom. The molecule has 1 unspecified atom stereocenters. The Morgan fingerprint density at radius 2 is 1.81 bits per heavy atom. The summed E-state index contributed by atoms with van der Waals surface area (Å²) in [5, 5.41) is 11.4. The number of amides is 1. The van der Waals surface area contributed by atoms with Crippen LogP contribution in [0.1, 0.15) is 29.6 Å². The van der Waals surface area contributed by atoms with E-state index < -0.39 is 5.97 Å². The first-order valence-electron chi connectivity index (χ1n) is 11.1. The molecule has 0 bridgehead atoms. The van der Waals surface area contributed by atoms with Crippen LogP contribution in [0.5, 0.6) is 0 Å². The van der Waals surface area contributed by atoms with E-state index in [2.05, 4.69) is 44.4 Å². The Balaban J connectivity index is 1.29. The molecule has 2 aliphatic heterocycles. The molecule has 32 heavy (non-hydrogen) atoms. The zero-order valence-corrected chi connectivity index (χ0v) is 18.2. The Morgan fingerprint density at radius 3 is 2.59 bits per heavy atom. The van der Waals surface area contributed by atoms with Crippen molar-refractivity contribution in [1.82, 2.24) is 10.3 Å². The fourth-order valence-electron chi connectivity index (χ4n) is 4.59. The summed E-state index contributed by atoms with van der Waals surface area (Å²) < 4.78 is 5.21. The van der Waals surface area contributed by atoms with E-state index in [9.17, 15) is 9.59 Å². The van der Waals surface area contributed by atoms with E-state index in [4.69, 9.17) is 9.84 Å². The molecule has 3 heterocycles. The van der Waals surface area contributed by atoms with Gasteiger partial charge in [0.25, 0.3) is 5.91 Å². The van der Waals surface area contributed by atoms with Gasteiger partial charge in [0.05, 0.1) is 19.6 Å². The van der Waals surface area contributed by atoms with Crippen LogP contribution in [0.4, 0.5) is 11.5 Å². The van der Waals surface area contributed by atoms with Crippen molar-refractivity contribution in [3.8, 4) is 0 Å². The van der Waals surface area contributed by atoms with E-state index in [0.29, 0.717) is 12.1 Å². The van der Waals surface area contributed by atoms with Crippen molar-refractivity contribution in [2.45, 2.75) is 19.3 Å². The number of para-hydroxylation sites is 1. The molecule has 0 radical (unpaired) electrons. The van der Waals surface area contributed by atoms with Gasteiger partial charge in [-0.15, -0.1) is 0 Å². The first-order chi connectivity index (χ1) is 15.5. The Kier molecular flexibility index (Phi) is 6.90. The summed E-state index contributed by atoms with van der Waals surface area (Å²) in [6, 6.07) is 14.1. The highest BCUT2D eigenvalue weighted by molar-refractivity contribution is 5.94. The molecule has 1 aromatic heterocycles. The van der Waals surface area contributed by atoms with Crippen LogP contribution in [0.2, 0.25) is 0 Å². The molecule has 2 aromatic rings. The molecule has 170 valence electrons. The summed E-state index contributed by atoms with van der Waals surface area (Å²) in [5.41, 5.74) is 2.12. The summed E-state index contributed by atoms with van der Waals surface area (Å²) in [6.45, 7) is 4.77. The van der Waals surface area contributed by atoms with Gasteiger partial charge >= 0.3 is 5.97 Å². The standard InChI is InChI=1S/C24H30N4O4/c29-22(30)7-14-32-15-11-26-23(31)19-6-10-25-21(16-19)28-13-9-24(18-28)8-12-27(17-24)20-4-2-1-3-5-20/h1-6,10,16H,7-9,11-15,17-18H2,(H,26,31)(H,29,30). The molecule has 2 N–H and O–H groups in total. The van der Waals surface area contributed by atoms with Gasteiger partial charge in [-0.3, -0.25) is 9.59 Å². The third-order valence-corrected chi connectivity index (χ3v) is 6.32. The quantitative estimate of drug-likeness (QED) is 0.581. The second-order valence-corrected chi connectivity index (χ2v) is 8.59. The van der Waals surface area contributed by atoms with Crippen LogP contribution in [0.15, 0.2) is 48.7 Å². The first-order valence-corrected chi connectivity index (χ1v) is 11.1. The van der Waals surface area contributed by atoms with Crippen LogP contribution in [0, 0.1) is 5.41 Å². The van der Waals surface area contributed by atoms with E-state index in [1.165, 1.54) is 12.1 Å². The number of ether oxygens (including phenoxy) is 1. The predicted molar refractivity (Wildman–Crippen MR) is 122 cm³/mol. The number of aliphatic carboxylic acids is 1. The summed E-state index contributed by atoms with van der Waals surface area (Å²) >= 11 is 0. The Labute approximate surface area is 188 Å². The molecule has 4 rings (SSSR count). The third-order valence-electron chi connectivity index (χ3n) is 6.32.